The molecular formula is C66H106FN8O10+. The summed E-state index contributed by atoms with van der Waals surface area (Å²) in [5, 5.41) is 21.3. The van der Waals surface area contributed by atoms with Crippen LogP contribution in [0.3, 0.4) is 0 Å². The number of alkyl halides is 1. The predicted octanol–water partition coefficient (Wildman–Crippen LogP) is 10.3. The molecule has 3 fully saturated rings. The summed E-state index contributed by atoms with van der Waals surface area (Å²) in [4.78, 5) is 52.2. The van der Waals surface area contributed by atoms with Gasteiger partial charge in [0.05, 0.1) is 42.0 Å². The van der Waals surface area contributed by atoms with Crippen LogP contribution in [-0.2, 0) is 42.8 Å². The number of amides is 1. The zero-order valence-corrected chi connectivity index (χ0v) is 53.9. The van der Waals surface area contributed by atoms with Crippen LogP contribution >= 0.6 is 0 Å². The van der Waals surface area contributed by atoms with Crippen molar-refractivity contribution >= 4 is 23.6 Å². The first-order chi connectivity index (χ1) is 40.2. The number of primary amides is 1. The summed E-state index contributed by atoms with van der Waals surface area (Å²) in [6, 6.07) is 6.98. The number of nitrogen functional groups attached to an aromatic ring is 1. The van der Waals surface area contributed by atoms with E-state index in [1.165, 1.54) is 19.3 Å². The largest absolute Gasteiger partial charge is 0.462 e. The van der Waals surface area contributed by atoms with E-state index in [0.29, 0.717) is 43.7 Å². The van der Waals surface area contributed by atoms with Crippen LogP contribution < -0.4 is 16.5 Å². The molecule has 1 amide bonds. The number of carbonyl (C=O) groups excluding carboxylic acids is 3. The minimum atomic E-state index is -1.10. The Balaban J connectivity index is 1.27. The van der Waals surface area contributed by atoms with Gasteiger partial charge in [-0.05, 0) is 89.8 Å². The Bertz CT molecular complexity index is 2550. The van der Waals surface area contributed by atoms with Crippen LogP contribution in [0.4, 0.5) is 10.3 Å². The van der Waals surface area contributed by atoms with E-state index in [9.17, 15) is 19.5 Å². The lowest BCUT2D eigenvalue weighted by molar-refractivity contribution is -0.887. The van der Waals surface area contributed by atoms with Gasteiger partial charge in [0.25, 0.3) is 0 Å². The first-order valence-electron chi connectivity index (χ1n) is 31.5. The fourth-order valence-electron chi connectivity index (χ4n) is 14.3. The molecule has 6 N–H and O–H groups in total. The van der Waals surface area contributed by atoms with Crippen molar-refractivity contribution in [2.24, 2.45) is 62.4 Å². The number of ketones is 1. The highest BCUT2D eigenvalue weighted by molar-refractivity contribution is 5.83. The van der Waals surface area contributed by atoms with Crippen LogP contribution in [0.15, 0.2) is 71.0 Å². The summed E-state index contributed by atoms with van der Waals surface area (Å²) < 4.78 is 55.3. The van der Waals surface area contributed by atoms with Crippen LogP contribution in [0.25, 0.3) is 11.1 Å². The second-order valence-corrected chi connectivity index (χ2v) is 26.8. The molecule has 3 aliphatic heterocycles. The van der Waals surface area contributed by atoms with Crippen molar-refractivity contribution in [2.45, 2.75) is 233 Å². The van der Waals surface area contributed by atoms with E-state index in [0.717, 1.165) is 54.0 Å². The third-order valence-electron chi connectivity index (χ3n) is 19.6. The molecule has 6 rings (SSSR count). The number of allylic oxidation sites excluding steroid dienone is 1. The van der Waals surface area contributed by atoms with E-state index >= 15 is 4.39 Å². The molecule has 0 radical (unpaired) electrons. The standard InChI is InChI=1S/C66H105FN8O10/c1-16-29-65(11)34-53(83-45(8)60(65)78)57(44(7)62(79)84-54(17-2)64(9,10)35-55(68)76)43(6)61(66(12,81-15)33-41(4)58(77)40(3)20-18-21-46-22-19-23-46)85-56-32-51(31-42(5)82-56)74(13)30-28-50-39-75(73-72-50)52(36-67)59(80-14)48-26-24-47(25-27-48)49-37-70-63(69)71-38-49/h16,24-27,29,37-46,51-54,56-57,59-61,78H,17-23,28,30-36H2,1-15H3,(H2,68,76)(H2,69,70,71)/p+1/b29-16+/t40-,41-,42-,43+,44-,45+,51+,52-,53?,54-,56+,57+,59-,60+,61-,65-,66-/m1/s1. The van der Waals surface area contributed by atoms with E-state index in [1.807, 2.05) is 119 Å². The van der Waals surface area contributed by atoms with Gasteiger partial charge >= 0.3 is 5.97 Å². The number of nitrogens with two attached hydrogens (primary N) is 2. The van der Waals surface area contributed by atoms with Crippen molar-refractivity contribution in [2.75, 3.05) is 40.2 Å². The summed E-state index contributed by atoms with van der Waals surface area (Å²) in [6.07, 6.45) is 14.1. The van der Waals surface area contributed by atoms with Gasteiger partial charge < -0.3 is 49.9 Å². The normalized spacial score (nSPS) is 27.9. The number of nitrogens with one attached hydrogen (secondary N) is 1. The maximum Gasteiger partial charge on any atom is 0.309 e. The number of quaternary nitrogens is 1. The highest BCUT2D eigenvalue weighted by Crippen LogP contribution is 2.48. The molecule has 0 bridgehead atoms. The van der Waals surface area contributed by atoms with E-state index in [4.69, 9.17) is 39.9 Å². The van der Waals surface area contributed by atoms with E-state index in [2.05, 4.69) is 39.2 Å². The summed E-state index contributed by atoms with van der Waals surface area (Å²) in [5.74, 6) is -2.18. The quantitative estimate of drug-likeness (QED) is 0.0384. The number of rotatable bonds is 33. The number of aliphatic hydroxyl groups excluding tert-OH is 1. The molecule has 18 atom stereocenters. The third-order valence-corrected chi connectivity index (χ3v) is 19.6. The number of benzene rings is 1. The number of esters is 1. The Morgan fingerprint density at radius 3 is 2.28 bits per heavy atom. The van der Waals surface area contributed by atoms with Crippen LogP contribution in [0.5, 0.6) is 0 Å². The molecule has 18 nitrogen and oxygen atoms in total. The third kappa shape index (κ3) is 17.8. The fourth-order valence-corrected chi connectivity index (χ4v) is 14.3. The molecule has 0 spiro atoms. The van der Waals surface area contributed by atoms with Gasteiger partial charge in [-0.1, -0.05) is 129 Å². The number of aliphatic hydroxyl groups is 1. The Morgan fingerprint density at radius 1 is 1.01 bits per heavy atom. The Labute approximate surface area is 507 Å². The van der Waals surface area contributed by atoms with E-state index in [-0.39, 0.29) is 36.2 Å². The Hall–Kier alpha value is -4.60. The van der Waals surface area contributed by atoms with Crippen molar-refractivity contribution in [1.82, 2.24) is 14.9 Å². The van der Waals surface area contributed by atoms with Crippen LogP contribution in [-0.4, -0.2) is 133 Å². The van der Waals surface area contributed by atoms with Gasteiger partial charge in [0.15, 0.2) is 12.3 Å². The zero-order chi connectivity index (χ0) is 62.6. The van der Waals surface area contributed by atoms with E-state index in [1.54, 1.807) is 26.6 Å². The number of halogens is 1. The average Bonchev–Trinajstić information content (AvgIpc) is 3.82. The van der Waals surface area contributed by atoms with Crippen molar-refractivity contribution in [3.8, 4) is 11.1 Å². The molecule has 2 aromatic rings. The number of hydrogen-bond donors (Lipinski definition) is 4. The number of carbonyl (C=O) groups is 3. The van der Waals surface area contributed by atoms with Gasteiger partial charge in [0.2, 0.25) is 11.9 Å². The molecule has 476 valence electrons. The molecule has 4 aliphatic rings. The van der Waals surface area contributed by atoms with Crippen molar-refractivity contribution in [1.29, 1.82) is 0 Å². The number of aromatic nitrogens is 2. The minimum absolute atomic E-state index is 0.00594. The SMILES string of the molecule is C/C=C/[C@]1(C)CC([C@@H]([C@H](C)[C@@H](O[C@H]2C[C@@H](N(C)CCC3=C[NH+]([C@H](CF)[C@H](OC)c4ccc(-c5cnc(N)nc5)cc4)N=N3)C[C@@H](C)O2)[C@@](C)(C[C@@H](C)C(=O)[C@H](C)CCCC2CCC2)OC)[C@@H](C)C(=O)O[C@H](CC)C(C)(C)CC(N)=O)O[C@@H](C)[C@@H]1O. The minimum Gasteiger partial charge on any atom is -0.462 e. The lowest BCUT2D eigenvalue weighted by Gasteiger charge is -2.51. The number of nitrogens with zero attached hydrogens (tertiary/aromatic N) is 5. The molecule has 1 aromatic carbocycles. The molecule has 4 heterocycles. The Morgan fingerprint density at radius 2 is 1.69 bits per heavy atom. The van der Waals surface area contributed by atoms with Gasteiger partial charge in [-0.3, -0.25) is 14.4 Å². The number of hydrogen-bond acceptors (Lipinski definition) is 16. The van der Waals surface area contributed by atoms with E-state index < -0.39 is 108 Å². The van der Waals surface area contributed by atoms with Gasteiger partial charge in [0, 0.05) is 97.8 Å². The molecule has 2 unspecified atom stereocenters. The van der Waals surface area contributed by atoms with Crippen molar-refractivity contribution < 1.29 is 57.3 Å². The molecule has 19 heteroatoms. The summed E-state index contributed by atoms with van der Waals surface area (Å²) in [6.45, 7) is 23.5. The topological polar surface area (TPSA) is 237 Å². The first-order valence-corrected chi connectivity index (χ1v) is 31.5. The number of Topliss-reactive ketones (excluding diaryl/α,β-unsaturated/α-hetero) is 1. The molecule has 1 aliphatic carbocycles. The summed E-state index contributed by atoms with van der Waals surface area (Å²) in [7, 11) is 5.32. The average molecular weight is 1190 g/mol. The molecule has 85 heavy (non-hydrogen) atoms. The molecule has 1 saturated carbocycles. The Kier molecular flexibility index (Phi) is 25.4. The monoisotopic (exact) mass is 1190 g/mol. The van der Waals surface area contributed by atoms with Crippen LogP contribution in [0, 0.1) is 46.3 Å². The maximum atomic E-state index is 15.1. The predicted molar refractivity (Wildman–Crippen MR) is 327 cm³/mol. The van der Waals surface area contributed by atoms with Crippen molar-refractivity contribution in [3.63, 3.8) is 0 Å². The second kappa shape index (κ2) is 31.0. The fraction of sp³-hybridized carbons (Fsp3) is 0.742. The number of anilines is 1. The maximum absolute atomic E-state index is 15.1. The number of ether oxygens (including phenoxy) is 6. The van der Waals surface area contributed by atoms with Crippen LogP contribution in [0.1, 0.15) is 178 Å². The molecule has 1 aromatic heterocycles. The smallest absolute Gasteiger partial charge is 0.309 e. The zero-order valence-electron chi connectivity index (χ0n) is 53.9. The molecule has 2 saturated heterocycles. The highest BCUT2D eigenvalue weighted by Gasteiger charge is 2.54. The second-order valence-electron chi connectivity index (χ2n) is 26.8. The number of methoxy groups -OCH3 is 2. The van der Waals surface area contributed by atoms with Gasteiger partial charge in [-0.2, -0.15) is 5.01 Å². The molecular weight excluding hydrogens is 1080 g/mol. The lowest BCUT2D eigenvalue weighted by atomic mass is 9.65. The van der Waals surface area contributed by atoms with Gasteiger partial charge in [0.1, 0.15) is 36.6 Å². The summed E-state index contributed by atoms with van der Waals surface area (Å²) >= 11 is 0. The lowest BCUT2D eigenvalue weighted by Crippen LogP contribution is -3.07. The highest BCUT2D eigenvalue weighted by atomic mass is 19.1. The summed E-state index contributed by atoms with van der Waals surface area (Å²) in [5.41, 5.74) is 12.1. The van der Waals surface area contributed by atoms with Crippen LogP contribution in [0.2, 0.25) is 0 Å². The first kappa shape index (κ1) is 69.5. The van der Waals surface area contributed by atoms with Gasteiger partial charge in [-0.25, -0.2) is 14.4 Å². The van der Waals surface area contributed by atoms with Gasteiger partial charge in [-0.15, -0.1) is 0 Å². The van der Waals surface area contributed by atoms with Crippen molar-refractivity contribution in [3.05, 3.63) is 66.3 Å².